The number of aromatic nitrogens is 3. The SMILES string of the molecule is CNC(=S)c1cccc(-c2ccc3c(N)nc(N4CCOC5(CC5)C4)nc3n2)c1. The molecule has 1 saturated heterocycles. The predicted octanol–water partition coefficient (Wildman–Crippen LogP) is 2.54. The van der Waals surface area contributed by atoms with Crippen LogP contribution in [-0.2, 0) is 4.74 Å². The normalized spacial score (nSPS) is 17.5. The molecule has 8 heteroatoms. The van der Waals surface area contributed by atoms with E-state index in [1.807, 2.05) is 43.4 Å². The second kappa shape index (κ2) is 6.89. The topological polar surface area (TPSA) is 89.2 Å². The molecule has 1 aliphatic carbocycles. The Labute approximate surface area is 174 Å². The van der Waals surface area contributed by atoms with Gasteiger partial charge in [0.1, 0.15) is 10.8 Å². The number of nitrogens with zero attached hydrogens (tertiary/aromatic N) is 4. The Balaban J connectivity index is 1.53. The molecular weight excluding hydrogens is 384 g/mol. The number of hydrogen-bond acceptors (Lipinski definition) is 7. The number of morpholine rings is 1. The molecule has 1 saturated carbocycles. The molecule has 1 aliphatic heterocycles. The van der Waals surface area contributed by atoms with Gasteiger partial charge in [0.15, 0.2) is 5.65 Å². The minimum Gasteiger partial charge on any atom is -0.383 e. The zero-order valence-electron chi connectivity index (χ0n) is 16.2. The fraction of sp³-hybridized carbons (Fsp3) is 0.333. The highest BCUT2D eigenvalue weighted by molar-refractivity contribution is 7.80. The lowest BCUT2D eigenvalue weighted by Crippen LogP contribution is -2.44. The first-order chi connectivity index (χ1) is 14.1. The van der Waals surface area contributed by atoms with E-state index in [1.54, 1.807) is 0 Å². The molecule has 0 amide bonds. The standard InChI is InChI=1S/C21H22N6OS/c1-23-19(29)14-4-2-3-13(11-14)16-6-5-15-17(22)25-20(26-18(15)24-16)27-9-10-28-21(12-27)7-8-21/h2-6,11H,7-10,12H2,1H3,(H,23,29)(H2,22,24,25,26). The van der Waals surface area contributed by atoms with Gasteiger partial charge in [-0.05, 0) is 31.0 Å². The molecule has 3 N–H and O–H groups in total. The van der Waals surface area contributed by atoms with Crippen LogP contribution >= 0.6 is 12.2 Å². The van der Waals surface area contributed by atoms with E-state index in [9.17, 15) is 0 Å². The van der Waals surface area contributed by atoms with Gasteiger partial charge in [-0.15, -0.1) is 0 Å². The molecule has 1 spiro atoms. The lowest BCUT2D eigenvalue weighted by Gasteiger charge is -2.33. The number of nitrogens with one attached hydrogen (secondary N) is 1. The lowest BCUT2D eigenvalue weighted by atomic mass is 10.1. The van der Waals surface area contributed by atoms with E-state index in [2.05, 4.69) is 15.2 Å². The quantitative estimate of drug-likeness (QED) is 0.642. The number of pyridine rings is 1. The average molecular weight is 407 g/mol. The third-order valence-electron chi connectivity index (χ3n) is 5.56. The van der Waals surface area contributed by atoms with Gasteiger partial charge in [-0.3, -0.25) is 0 Å². The predicted molar refractivity (Wildman–Crippen MR) is 118 cm³/mol. The number of nitrogen functional groups attached to an aromatic ring is 1. The van der Waals surface area contributed by atoms with Crippen LogP contribution in [0.1, 0.15) is 18.4 Å². The maximum absolute atomic E-state index is 6.24. The molecule has 0 atom stereocenters. The van der Waals surface area contributed by atoms with Crippen molar-refractivity contribution in [3.05, 3.63) is 42.0 Å². The van der Waals surface area contributed by atoms with Gasteiger partial charge in [0.25, 0.3) is 0 Å². The van der Waals surface area contributed by atoms with Crippen molar-refractivity contribution in [2.45, 2.75) is 18.4 Å². The van der Waals surface area contributed by atoms with Crippen LogP contribution in [0.4, 0.5) is 11.8 Å². The highest BCUT2D eigenvalue weighted by Gasteiger charge is 2.48. The Morgan fingerprint density at radius 1 is 1.21 bits per heavy atom. The number of anilines is 2. The molecule has 2 fully saturated rings. The first-order valence-electron chi connectivity index (χ1n) is 9.73. The van der Waals surface area contributed by atoms with Crippen LogP contribution in [0.3, 0.4) is 0 Å². The number of nitrogens with two attached hydrogens (primary N) is 1. The van der Waals surface area contributed by atoms with E-state index in [-0.39, 0.29) is 5.60 Å². The van der Waals surface area contributed by atoms with E-state index >= 15 is 0 Å². The van der Waals surface area contributed by atoms with Crippen molar-refractivity contribution in [3.8, 4) is 11.3 Å². The molecule has 148 valence electrons. The van der Waals surface area contributed by atoms with Gasteiger partial charge >= 0.3 is 0 Å². The molecule has 7 nitrogen and oxygen atoms in total. The Kier molecular flexibility index (Phi) is 4.33. The largest absolute Gasteiger partial charge is 0.383 e. The fourth-order valence-electron chi connectivity index (χ4n) is 3.74. The van der Waals surface area contributed by atoms with Crippen molar-refractivity contribution < 1.29 is 4.74 Å². The van der Waals surface area contributed by atoms with Crippen LogP contribution < -0.4 is 16.0 Å². The van der Waals surface area contributed by atoms with Crippen molar-refractivity contribution in [3.63, 3.8) is 0 Å². The van der Waals surface area contributed by atoms with Crippen LogP contribution in [0.25, 0.3) is 22.3 Å². The van der Waals surface area contributed by atoms with E-state index in [1.165, 1.54) is 0 Å². The molecule has 0 bridgehead atoms. The molecule has 2 aromatic heterocycles. The van der Waals surface area contributed by atoms with Gasteiger partial charge < -0.3 is 20.7 Å². The first kappa shape index (κ1) is 18.2. The van der Waals surface area contributed by atoms with Crippen molar-refractivity contribution in [1.29, 1.82) is 0 Å². The number of benzene rings is 1. The van der Waals surface area contributed by atoms with Crippen molar-refractivity contribution >= 4 is 40.0 Å². The molecule has 0 radical (unpaired) electrons. The number of fused-ring (bicyclic) bond motifs is 1. The van der Waals surface area contributed by atoms with Gasteiger partial charge in [0.2, 0.25) is 5.95 Å². The number of rotatable bonds is 3. The van der Waals surface area contributed by atoms with Crippen molar-refractivity contribution in [1.82, 2.24) is 20.3 Å². The molecule has 3 heterocycles. The van der Waals surface area contributed by atoms with Crippen molar-refractivity contribution in [2.75, 3.05) is 37.4 Å². The van der Waals surface area contributed by atoms with Gasteiger partial charge in [-0.2, -0.15) is 9.97 Å². The Bertz CT molecular complexity index is 1110. The second-order valence-electron chi connectivity index (χ2n) is 7.59. The van der Waals surface area contributed by atoms with Crippen LogP contribution in [0.15, 0.2) is 36.4 Å². The summed E-state index contributed by atoms with van der Waals surface area (Å²) in [4.78, 5) is 16.9. The second-order valence-corrected chi connectivity index (χ2v) is 8.00. The maximum atomic E-state index is 6.24. The molecule has 0 unspecified atom stereocenters. The zero-order chi connectivity index (χ0) is 20.0. The number of ether oxygens (including phenoxy) is 1. The van der Waals surface area contributed by atoms with Gasteiger partial charge in [0, 0.05) is 31.3 Å². The van der Waals surface area contributed by atoms with Crippen molar-refractivity contribution in [2.24, 2.45) is 0 Å². The van der Waals surface area contributed by atoms with Gasteiger partial charge in [-0.1, -0.05) is 30.4 Å². The number of thiocarbonyl (C=S) groups is 1. The summed E-state index contributed by atoms with van der Waals surface area (Å²) in [6, 6.07) is 11.9. The fourth-order valence-corrected chi connectivity index (χ4v) is 3.87. The summed E-state index contributed by atoms with van der Waals surface area (Å²) < 4.78 is 5.90. The summed E-state index contributed by atoms with van der Waals surface area (Å²) in [5, 5.41) is 3.77. The summed E-state index contributed by atoms with van der Waals surface area (Å²) in [7, 11) is 1.82. The Hall–Kier alpha value is -2.84. The molecule has 5 rings (SSSR count). The van der Waals surface area contributed by atoms with Gasteiger partial charge in [0.05, 0.1) is 23.3 Å². The van der Waals surface area contributed by atoms with Gasteiger partial charge in [-0.25, -0.2) is 4.98 Å². The molecule has 1 aromatic carbocycles. The zero-order valence-corrected chi connectivity index (χ0v) is 17.0. The van der Waals surface area contributed by atoms with E-state index in [0.717, 1.165) is 48.1 Å². The smallest absolute Gasteiger partial charge is 0.229 e. The third-order valence-corrected chi connectivity index (χ3v) is 6.00. The number of hydrogen-bond donors (Lipinski definition) is 2. The summed E-state index contributed by atoms with van der Waals surface area (Å²) >= 11 is 5.35. The highest BCUT2D eigenvalue weighted by Crippen LogP contribution is 2.42. The molecule has 29 heavy (non-hydrogen) atoms. The summed E-state index contributed by atoms with van der Waals surface area (Å²) in [5.74, 6) is 1.07. The maximum Gasteiger partial charge on any atom is 0.229 e. The van der Waals surface area contributed by atoms with E-state index in [0.29, 0.717) is 29.0 Å². The first-order valence-corrected chi connectivity index (χ1v) is 10.1. The minimum atomic E-state index is -0.00717. The van der Waals surface area contributed by atoms with E-state index < -0.39 is 0 Å². The summed E-state index contributed by atoms with van der Waals surface area (Å²) in [6.45, 7) is 2.25. The monoisotopic (exact) mass is 406 g/mol. The van der Waals surface area contributed by atoms with Crippen LogP contribution in [0.2, 0.25) is 0 Å². The highest BCUT2D eigenvalue weighted by atomic mass is 32.1. The van der Waals surface area contributed by atoms with E-state index in [4.69, 9.17) is 32.7 Å². The summed E-state index contributed by atoms with van der Waals surface area (Å²) in [5.41, 5.74) is 9.59. The third kappa shape index (κ3) is 3.38. The average Bonchev–Trinajstić information content (AvgIpc) is 3.50. The minimum absolute atomic E-state index is 0.00717. The van der Waals surface area contributed by atoms with Crippen LogP contribution in [0, 0.1) is 0 Å². The molecule has 2 aliphatic rings. The molecule has 3 aromatic rings. The Morgan fingerprint density at radius 2 is 2.07 bits per heavy atom. The lowest BCUT2D eigenvalue weighted by molar-refractivity contribution is 0.0201. The van der Waals surface area contributed by atoms with Crippen LogP contribution in [-0.4, -0.2) is 52.3 Å². The van der Waals surface area contributed by atoms with Crippen LogP contribution in [0.5, 0.6) is 0 Å². The summed E-state index contributed by atoms with van der Waals surface area (Å²) in [6.07, 6.45) is 2.19. The Morgan fingerprint density at radius 3 is 2.86 bits per heavy atom. The molecular formula is C21H22N6OS.